The van der Waals surface area contributed by atoms with E-state index in [1.165, 1.54) is 12.3 Å². The summed E-state index contributed by atoms with van der Waals surface area (Å²) in [5.41, 5.74) is 1.58. The van der Waals surface area contributed by atoms with Crippen molar-refractivity contribution in [1.82, 2.24) is 4.98 Å². The van der Waals surface area contributed by atoms with Crippen LogP contribution in [0.2, 0.25) is 0 Å². The van der Waals surface area contributed by atoms with E-state index in [1.54, 1.807) is 30.3 Å². The number of nitrogens with zero attached hydrogens (tertiary/aromatic N) is 1. The maximum Gasteiger partial charge on any atom is 0.354 e. The lowest BCUT2D eigenvalue weighted by Crippen LogP contribution is -2.03. The van der Waals surface area contributed by atoms with Gasteiger partial charge in [0.1, 0.15) is 5.69 Å². The van der Waals surface area contributed by atoms with Gasteiger partial charge < -0.3 is 10.4 Å². The Kier molecular flexibility index (Phi) is 4.23. The molecule has 0 radical (unpaired) electrons. The molecule has 6 nitrogen and oxygen atoms in total. The summed E-state index contributed by atoms with van der Waals surface area (Å²) in [5, 5.41) is 11.8. The fourth-order valence-electron chi connectivity index (χ4n) is 1.68. The van der Waals surface area contributed by atoms with Crippen LogP contribution >= 0.6 is 0 Å². The minimum Gasteiger partial charge on any atom is -0.477 e. The van der Waals surface area contributed by atoms with E-state index in [0.29, 0.717) is 12.2 Å². The molecule has 2 aromatic rings. The van der Waals surface area contributed by atoms with Crippen LogP contribution in [0.4, 0.5) is 5.69 Å². The number of benzene rings is 1. The largest absolute Gasteiger partial charge is 0.477 e. The zero-order chi connectivity index (χ0) is 15.5. The van der Waals surface area contributed by atoms with Gasteiger partial charge >= 0.3 is 5.97 Å². The normalized spacial score (nSPS) is 11.1. The van der Waals surface area contributed by atoms with Crippen molar-refractivity contribution >= 4 is 21.5 Å². The zero-order valence-electron chi connectivity index (χ0n) is 11.3. The molecule has 2 rings (SSSR count). The van der Waals surface area contributed by atoms with E-state index in [1.807, 2.05) is 0 Å². The van der Waals surface area contributed by atoms with Crippen molar-refractivity contribution in [2.75, 3.05) is 11.6 Å². The third-order valence-electron chi connectivity index (χ3n) is 2.83. The summed E-state index contributed by atoms with van der Waals surface area (Å²) < 4.78 is 22.7. The minimum atomic E-state index is -3.19. The number of anilines is 1. The van der Waals surface area contributed by atoms with Gasteiger partial charge in [-0.05, 0) is 29.8 Å². The smallest absolute Gasteiger partial charge is 0.354 e. The Bertz CT molecular complexity index is 738. The van der Waals surface area contributed by atoms with Gasteiger partial charge in [-0.1, -0.05) is 12.1 Å². The molecule has 0 unspecified atom stereocenters. The fraction of sp³-hybridized carbons (Fsp3) is 0.143. The molecule has 0 spiro atoms. The molecule has 1 heterocycles. The van der Waals surface area contributed by atoms with Gasteiger partial charge in [0, 0.05) is 12.8 Å². The monoisotopic (exact) mass is 306 g/mol. The van der Waals surface area contributed by atoms with Crippen LogP contribution in [0, 0.1) is 0 Å². The molecule has 1 aromatic heterocycles. The van der Waals surface area contributed by atoms with E-state index in [9.17, 15) is 13.2 Å². The number of aromatic carboxylic acids is 1. The molecule has 0 bridgehead atoms. The summed E-state index contributed by atoms with van der Waals surface area (Å²) in [4.78, 5) is 14.7. The van der Waals surface area contributed by atoms with Gasteiger partial charge in [-0.2, -0.15) is 0 Å². The van der Waals surface area contributed by atoms with Crippen LogP contribution < -0.4 is 5.32 Å². The van der Waals surface area contributed by atoms with Crippen LogP contribution in [0.1, 0.15) is 16.1 Å². The number of aromatic nitrogens is 1. The highest BCUT2D eigenvalue weighted by molar-refractivity contribution is 7.90. The molecule has 0 saturated heterocycles. The van der Waals surface area contributed by atoms with Crippen molar-refractivity contribution in [2.24, 2.45) is 0 Å². The van der Waals surface area contributed by atoms with E-state index in [0.717, 1.165) is 11.8 Å². The first-order chi connectivity index (χ1) is 9.86. The van der Waals surface area contributed by atoms with Gasteiger partial charge in [0.2, 0.25) is 0 Å². The molecule has 0 aliphatic heterocycles. The first-order valence-corrected chi connectivity index (χ1v) is 7.97. The van der Waals surface area contributed by atoms with Crippen molar-refractivity contribution < 1.29 is 18.3 Å². The summed E-state index contributed by atoms with van der Waals surface area (Å²) >= 11 is 0. The van der Waals surface area contributed by atoms with Crippen molar-refractivity contribution in [3.63, 3.8) is 0 Å². The lowest BCUT2D eigenvalue weighted by Gasteiger charge is -2.07. The molecule has 0 amide bonds. The topological polar surface area (TPSA) is 96.4 Å². The molecular weight excluding hydrogens is 292 g/mol. The molecule has 2 N–H and O–H groups in total. The molecule has 0 aliphatic rings. The third-order valence-corrected chi connectivity index (χ3v) is 3.96. The molecule has 110 valence electrons. The first-order valence-electron chi connectivity index (χ1n) is 6.08. The Labute approximate surface area is 122 Å². The number of carbonyl (C=O) groups is 1. The summed E-state index contributed by atoms with van der Waals surface area (Å²) in [6.45, 7) is 0.484. The predicted octanol–water partition coefficient (Wildman–Crippen LogP) is 1.80. The number of sulfone groups is 1. The Morgan fingerprint density at radius 3 is 2.33 bits per heavy atom. The average molecular weight is 306 g/mol. The van der Waals surface area contributed by atoms with Crippen molar-refractivity contribution in [2.45, 2.75) is 11.4 Å². The standard InChI is InChI=1S/C14H14N2O4S/c1-21(19,20)12-5-2-10(3-6-12)8-15-11-4-7-13(14(17)18)16-9-11/h2-7,9,15H,8H2,1H3,(H,17,18). The van der Waals surface area contributed by atoms with Crippen LogP contribution in [0.5, 0.6) is 0 Å². The highest BCUT2D eigenvalue weighted by atomic mass is 32.2. The summed E-state index contributed by atoms with van der Waals surface area (Å²) in [5.74, 6) is -1.07. The second-order valence-electron chi connectivity index (χ2n) is 4.51. The lowest BCUT2D eigenvalue weighted by molar-refractivity contribution is 0.0690. The van der Waals surface area contributed by atoms with Crippen molar-refractivity contribution in [3.05, 3.63) is 53.9 Å². The first kappa shape index (κ1) is 15.0. The van der Waals surface area contributed by atoms with Crippen LogP contribution in [-0.4, -0.2) is 30.7 Å². The number of rotatable bonds is 5. The van der Waals surface area contributed by atoms with Gasteiger partial charge in [0.25, 0.3) is 0 Å². The van der Waals surface area contributed by atoms with E-state index in [2.05, 4.69) is 10.3 Å². The van der Waals surface area contributed by atoms with Gasteiger partial charge in [-0.3, -0.25) is 0 Å². The molecule has 21 heavy (non-hydrogen) atoms. The molecule has 0 saturated carbocycles. The number of hydrogen-bond donors (Lipinski definition) is 2. The van der Waals surface area contributed by atoms with E-state index < -0.39 is 15.8 Å². The number of pyridine rings is 1. The molecule has 1 aromatic carbocycles. The zero-order valence-corrected chi connectivity index (χ0v) is 12.1. The van der Waals surface area contributed by atoms with Crippen LogP contribution in [-0.2, 0) is 16.4 Å². The van der Waals surface area contributed by atoms with Crippen molar-refractivity contribution in [1.29, 1.82) is 0 Å². The Balaban J connectivity index is 2.01. The number of carboxylic acid groups (broad SMARTS) is 1. The maximum absolute atomic E-state index is 11.3. The Morgan fingerprint density at radius 2 is 1.86 bits per heavy atom. The molecule has 7 heteroatoms. The van der Waals surface area contributed by atoms with E-state index >= 15 is 0 Å². The summed E-state index contributed by atoms with van der Waals surface area (Å²) in [6.07, 6.45) is 2.60. The van der Waals surface area contributed by atoms with Crippen LogP contribution in [0.3, 0.4) is 0 Å². The van der Waals surface area contributed by atoms with Gasteiger partial charge in [-0.15, -0.1) is 0 Å². The Hall–Kier alpha value is -2.41. The highest BCUT2D eigenvalue weighted by Crippen LogP contribution is 2.12. The van der Waals surface area contributed by atoms with Gasteiger partial charge in [0.15, 0.2) is 9.84 Å². The molecule has 0 atom stereocenters. The second-order valence-corrected chi connectivity index (χ2v) is 6.52. The average Bonchev–Trinajstić information content (AvgIpc) is 2.45. The fourth-order valence-corrected chi connectivity index (χ4v) is 2.31. The quantitative estimate of drug-likeness (QED) is 0.874. The van der Waals surface area contributed by atoms with Crippen LogP contribution in [0.25, 0.3) is 0 Å². The van der Waals surface area contributed by atoms with Crippen LogP contribution in [0.15, 0.2) is 47.5 Å². The SMILES string of the molecule is CS(=O)(=O)c1ccc(CNc2ccc(C(=O)O)nc2)cc1. The van der Waals surface area contributed by atoms with E-state index in [-0.39, 0.29) is 10.6 Å². The second kappa shape index (κ2) is 5.92. The molecular formula is C14H14N2O4S. The summed E-state index contributed by atoms with van der Waals surface area (Å²) in [7, 11) is -3.19. The Morgan fingerprint density at radius 1 is 1.19 bits per heavy atom. The number of carboxylic acids is 1. The van der Waals surface area contributed by atoms with Crippen molar-refractivity contribution in [3.8, 4) is 0 Å². The minimum absolute atomic E-state index is 0.0157. The molecule has 0 fully saturated rings. The van der Waals surface area contributed by atoms with Gasteiger partial charge in [-0.25, -0.2) is 18.2 Å². The van der Waals surface area contributed by atoms with E-state index in [4.69, 9.17) is 5.11 Å². The lowest BCUT2D eigenvalue weighted by atomic mass is 10.2. The molecule has 0 aliphatic carbocycles. The number of nitrogens with one attached hydrogen (secondary N) is 1. The third kappa shape index (κ3) is 4.03. The van der Waals surface area contributed by atoms with Gasteiger partial charge in [0.05, 0.1) is 16.8 Å². The predicted molar refractivity (Wildman–Crippen MR) is 78.1 cm³/mol. The highest BCUT2D eigenvalue weighted by Gasteiger charge is 2.06. The number of hydrogen-bond acceptors (Lipinski definition) is 5. The summed E-state index contributed by atoms with van der Waals surface area (Å²) in [6, 6.07) is 9.60. The maximum atomic E-state index is 11.3.